The summed E-state index contributed by atoms with van der Waals surface area (Å²) in [7, 11) is 0. The molecule has 0 spiro atoms. The van der Waals surface area contributed by atoms with Crippen LogP contribution in [0, 0.1) is 0 Å². The van der Waals surface area contributed by atoms with E-state index in [2.05, 4.69) is 77.3 Å². The summed E-state index contributed by atoms with van der Waals surface area (Å²) in [5.74, 6) is 0. The van der Waals surface area contributed by atoms with Crippen LogP contribution in [0.3, 0.4) is 0 Å². The van der Waals surface area contributed by atoms with Gasteiger partial charge in [0.25, 0.3) is 0 Å². The van der Waals surface area contributed by atoms with E-state index in [1.54, 1.807) is 0 Å². The fourth-order valence-electron chi connectivity index (χ4n) is 0.743. The van der Waals surface area contributed by atoms with E-state index < -0.39 is 5.31 Å². The maximum absolute atomic E-state index is 3.65. The van der Waals surface area contributed by atoms with E-state index in [1.165, 1.54) is 5.19 Å². The van der Waals surface area contributed by atoms with Crippen LogP contribution in [0.1, 0.15) is 0 Å². The summed E-state index contributed by atoms with van der Waals surface area (Å²) in [4.78, 5) is 0. The summed E-state index contributed by atoms with van der Waals surface area (Å²) < 4.78 is 1.12. The molecule has 0 atom stereocenters. The molecule has 11 heavy (non-hydrogen) atoms. The lowest BCUT2D eigenvalue weighted by molar-refractivity contribution is 1.69. The number of halogens is 3. The van der Waals surface area contributed by atoms with Gasteiger partial charge in [-0.3, -0.25) is 0 Å². The van der Waals surface area contributed by atoms with Crippen molar-refractivity contribution in [3.8, 4) is 0 Å². The van der Waals surface area contributed by atoms with Crippen molar-refractivity contribution in [2.45, 2.75) is 6.55 Å². The van der Waals surface area contributed by atoms with Crippen molar-refractivity contribution >= 4 is 57.0 Å². The normalized spacial score (nSPS) is 11.6. The highest BCUT2D eigenvalue weighted by molar-refractivity contribution is 9.51. The molecule has 0 saturated heterocycles. The van der Waals surface area contributed by atoms with Gasteiger partial charge in [-0.25, -0.2) is 0 Å². The Balaban J connectivity index is 2.99. The van der Waals surface area contributed by atoms with Crippen molar-refractivity contribution in [3.63, 3.8) is 0 Å². The first-order valence-corrected chi connectivity index (χ1v) is 10.9. The van der Waals surface area contributed by atoms with Crippen molar-refractivity contribution in [3.05, 3.63) is 28.7 Å². The molecular formula is C7H7Br3Si. The molecule has 0 aliphatic rings. The van der Waals surface area contributed by atoms with Gasteiger partial charge in [-0.1, -0.05) is 28.1 Å². The van der Waals surface area contributed by atoms with E-state index in [1.807, 2.05) is 0 Å². The molecule has 0 fully saturated rings. The van der Waals surface area contributed by atoms with Crippen molar-refractivity contribution in [2.75, 3.05) is 0 Å². The highest BCUT2D eigenvalue weighted by Crippen LogP contribution is 2.20. The van der Waals surface area contributed by atoms with Gasteiger partial charge in [-0.15, -0.1) is 30.6 Å². The third kappa shape index (κ3) is 3.01. The molecule has 0 saturated carbocycles. The molecule has 0 bridgehead atoms. The van der Waals surface area contributed by atoms with E-state index in [9.17, 15) is 0 Å². The first-order valence-electron chi connectivity index (χ1n) is 3.14. The summed E-state index contributed by atoms with van der Waals surface area (Å²) in [6.45, 7) is 2.19. The highest BCUT2D eigenvalue weighted by atomic mass is 79.9. The fraction of sp³-hybridized carbons (Fsp3) is 0.143. The van der Waals surface area contributed by atoms with Crippen LogP contribution in [-0.2, 0) is 0 Å². The van der Waals surface area contributed by atoms with Gasteiger partial charge in [-0.05, 0) is 23.9 Å². The first kappa shape index (κ1) is 9.96. The van der Waals surface area contributed by atoms with Gasteiger partial charge < -0.3 is 0 Å². The van der Waals surface area contributed by atoms with Crippen molar-refractivity contribution < 1.29 is 0 Å². The third-order valence-corrected chi connectivity index (χ3v) is 5.97. The second-order valence-corrected chi connectivity index (χ2v) is 18.4. The molecular weight excluding hydrogens is 352 g/mol. The Morgan fingerprint density at radius 3 is 1.91 bits per heavy atom. The number of benzene rings is 1. The summed E-state index contributed by atoms with van der Waals surface area (Å²) >= 11 is 10.7. The van der Waals surface area contributed by atoms with Gasteiger partial charge in [0.2, 0.25) is 5.31 Å². The molecule has 0 unspecified atom stereocenters. The molecule has 0 aromatic heterocycles. The molecule has 1 aromatic rings. The monoisotopic (exact) mass is 356 g/mol. The van der Waals surface area contributed by atoms with Crippen LogP contribution < -0.4 is 5.19 Å². The quantitative estimate of drug-likeness (QED) is 0.532. The van der Waals surface area contributed by atoms with Crippen LogP contribution in [0.15, 0.2) is 28.7 Å². The predicted molar refractivity (Wildman–Crippen MR) is 63.2 cm³/mol. The van der Waals surface area contributed by atoms with Crippen LogP contribution in [-0.4, -0.2) is 5.31 Å². The van der Waals surface area contributed by atoms with Crippen LogP contribution in [0.4, 0.5) is 0 Å². The third-order valence-electron chi connectivity index (χ3n) is 1.35. The van der Waals surface area contributed by atoms with E-state index in [0.29, 0.717) is 0 Å². The van der Waals surface area contributed by atoms with E-state index in [0.717, 1.165) is 4.47 Å². The molecule has 0 amide bonds. The molecule has 60 valence electrons. The molecule has 0 N–H and O–H groups in total. The smallest absolute Gasteiger partial charge is 0.105 e. The number of hydrogen-bond donors (Lipinski definition) is 0. The molecule has 4 heteroatoms. The van der Waals surface area contributed by atoms with Crippen molar-refractivity contribution in [1.82, 2.24) is 0 Å². The van der Waals surface area contributed by atoms with Gasteiger partial charge in [0.1, 0.15) is 0 Å². The molecule has 0 heterocycles. The highest BCUT2D eigenvalue weighted by Gasteiger charge is 2.21. The first-order chi connectivity index (χ1) is 5.00. The predicted octanol–water partition coefficient (Wildman–Crippen LogP) is 3.52. The molecule has 0 radical (unpaired) electrons. The minimum Gasteiger partial charge on any atom is -0.105 e. The second kappa shape index (κ2) is 3.73. The second-order valence-electron chi connectivity index (χ2n) is 2.40. The summed E-state index contributed by atoms with van der Waals surface area (Å²) in [6.07, 6.45) is 0. The zero-order chi connectivity index (χ0) is 8.48. The Labute approximate surface area is 91.7 Å². The van der Waals surface area contributed by atoms with Crippen LogP contribution in [0.5, 0.6) is 0 Å². The Kier molecular flexibility index (Phi) is 3.37. The molecule has 0 nitrogen and oxygen atoms in total. The zero-order valence-corrected chi connectivity index (χ0v) is 11.7. The minimum absolute atomic E-state index is 1.12. The van der Waals surface area contributed by atoms with Crippen molar-refractivity contribution in [2.24, 2.45) is 0 Å². The SMILES string of the molecule is C[Si](Br)(Br)c1ccc(Br)cc1. The summed E-state index contributed by atoms with van der Waals surface area (Å²) in [6, 6.07) is 8.37. The largest absolute Gasteiger partial charge is 0.227 e. The lowest BCUT2D eigenvalue weighted by Crippen LogP contribution is -2.30. The van der Waals surface area contributed by atoms with Gasteiger partial charge >= 0.3 is 0 Å². The Hall–Kier alpha value is 0.877. The molecule has 0 aliphatic heterocycles. The van der Waals surface area contributed by atoms with Gasteiger partial charge in [0.15, 0.2) is 0 Å². The average molecular weight is 359 g/mol. The Bertz CT molecular complexity index is 237. The fourth-order valence-corrected chi connectivity index (χ4v) is 3.34. The maximum atomic E-state index is 3.65. The lowest BCUT2D eigenvalue weighted by atomic mass is 10.4. The van der Waals surface area contributed by atoms with E-state index >= 15 is 0 Å². The molecule has 0 aliphatic carbocycles. The minimum atomic E-state index is -1.45. The van der Waals surface area contributed by atoms with Crippen LogP contribution in [0.2, 0.25) is 6.55 Å². The summed E-state index contributed by atoms with van der Waals surface area (Å²) in [5, 5.41) is -0.104. The molecule has 1 rings (SSSR count). The maximum Gasteiger partial charge on any atom is 0.227 e. The average Bonchev–Trinajstić information content (AvgIpc) is 1.86. The van der Waals surface area contributed by atoms with Crippen LogP contribution >= 0.6 is 46.5 Å². The van der Waals surface area contributed by atoms with Crippen LogP contribution in [0.25, 0.3) is 0 Å². The Morgan fingerprint density at radius 2 is 1.55 bits per heavy atom. The standard InChI is InChI=1S/C7H7Br3Si/c1-11(9,10)7-4-2-6(8)3-5-7/h2-5H,1H3. The number of rotatable bonds is 1. The number of hydrogen-bond acceptors (Lipinski definition) is 0. The van der Waals surface area contributed by atoms with E-state index in [-0.39, 0.29) is 0 Å². The van der Waals surface area contributed by atoms with Gasteiger partial charge in [0.05, 0.1) is 0 Å². The van der Waals surface area contributed by atoms with Gasteiger partial charge in [0, 0.05) is 4.47 Å². The summed E-state index contributed by atoms with van der Waals surface area (Å²) in [5.41, 5.74) is 0. The molecule has 1 aromatic carbocycles. The Morgan fingerprint density at radius 1 is 1.09 bits per heavy atom. The lowest BCUT2D eigenvalue weighted by Gasteiger charge is -2.10. The van der Waals surface area contributed by atoms with E-state index in [4.69, 9.17) is 0 Å². The van der Waals surface area contributed by atoms with Gasteiger partial charge in [-0.2, -0.15) is 0 Å². The topological polar surface area (TPSA) is 0 Å². The van der Waals surface area contributed by atoms with Crippen molar-refractivity contribution in [1.29, 1.82) is 0 Å². The zero-order valence-electron chi connectivity index (χ0n) is 5.94.